The van der Waals surface area contributed by atoms with Gasteiger partial charge in [0.05, 0.1) is 5.60 Å². The summed E-state index contributed by atoms with van der Waals surface area (Å²) in [5.74, 6) is 1.49. The Bertz CT molecular complexity index is 175. The van der Waals surface area contributed by atoms with E-state index >= 15 is 0 Å². The third kappa shape index (κ3) is 2.23. The van der Waals surface area contributed by atoms with Gasteiger partial charge in [-0.15, -0.1) is 0 Å². The summed E-state index contributed by atoms with van der Waals surface area (Å²) in [4.78, 5) is 0. The average Bonchev–Trinajstić information content (AvgIpc) is 2.78. The molecule has 2 fully saturated rings. The second-order valence-electron chi connectivity index (χ2n) is 5.29. The summed E-state index contributed by atoms with van der Waals surface area (Å²) < 4.78 is 0. The van der Waals surface area contributed by atoms with E-state index in [1.807, 2.05) is 0 Å². The maximum Gasteiger partial charge on any atom is 0.0777 e. The molecule has 2 saturated carbocycles. The molecular weight excluding hydrogens is 162 g/mol. The van der Waals surface area contributed by atoms with Crippen LogP contribution in [0.3, 0.4) is 0 Å². The molecule has 0 unspecified atom stereocenters. The van der Waals surface area contributed by atoms with Gasteiger partial charge in [0.25, 0.3) is 0 Å². The molecule has 2 N–H and O–H groups in total. The Morgan fingerprint density at radius 1 is 1.38 bits per heavy atom. The summed E-state index contributed by atoms with van der Waals surface area (Å²) in [7, 11) is 0. The van der Waals surface area contributed by atoms with Crippen LogP contribution in [0.4, 0.5) is 0 Å². The van der Waals surface area contributed by atoms with Crippen LogP contribution in [0.15, 0.2) is 0 Å². The second-order valence-corrected chi connectivity index (χ2v) is 5.29. The monoisotopic (exact) mass is 183 g/mol. The Morgan fingerprint density at radius 2 is 2.00 bits per heavy atom. The molecule has 0 aromatic heterocycles. The molecule has 2 aliphatic rings. The zero-order valence-electron chi connectivity index (χ0n) is 8.71. The molecular formula is C11H21NO. The van der Waals surface area contributed by atoms with Gasteiger partial charge in [0.1, 0.15) is 0 Å². The first kappa shape index (κ1) is 9.47. The first-order valence-corrected chi connectivity index (χ1v) is 5.55. The third-order valence-corrected chi connectivity index (χ3v) is 3.52. The molecule has 0 aromatic rings. The van der Waals surface area contributed by atoms with Crippen molar-refractivity contribution in [2.75, 3.05) is 6.54 Å². The third-order valence-electron chi connectivity index (χ3n) is 3.52. The van der Waals surface area contributed by atoms with Gasteiger partial charge in [-0.2, -0.15) is 0 Å². The largest absolute Gasteiger partial charge is 0.389 e. The lowest BCUT2D eigenvalue weighted by Crippen LogP contribution is -2.52. The highest BCUT2D eigenvalue weighted by Gasteiger charge is 2.44. The molecule has 0 bridgehead atoms. The lowest BCUT2D eigenvalue weighted by molar-refractivity contribution is -0.0846. The highest BCUT2D eigenvalue weighted by atomic mass is 16.3. The van der Waals surface area contributed by atoms with E-state index in [1.54, 1.807) is 0 Å². The minimum absolute atomic E-state index is 0.364. The fourth-order valence-electron chi connectivity index (χ4n) is 2.15. The Labute approximate surface area is 80.7 Å². The summed E-state index contributed by atoms with van der Waals surface area (Å²) >= 11 is 0. The molecule has 0 amide bonds. The molecule has 0 aromatic carbocycles. The van der Waals surface area contributed by atoms with E-state index in [-0.39, 0.29) is 5.60 Å². The Hall–Kier alpha value is -0.0800. The molecule has 2 aliphatic carbocycles. The maximum absolute atomic E-state index is 10.0. The average molecular weight is 183 g/mol. The van der Waals surface area contributed by atoms with Crippen molar-refractivity contribution >= 4 is 0 Å². The van der Waals surface area contributed by atoms with E-state index in [0.29, 0.717) is 0 Å². The van der Waals surface area contributed by atoms with E-state index < -0.39 is 0 Å². The Balaban J connectivity index is 1.68. The van der Waals surface area contributed by atoms with Crippen LogP contribution in [0, 0.1) is 11.8 Å². The highest BCUT2D eigenvalue weighted by Crippen LogP contribution is 2.42. The van der Waals surface area contributed by atoms with Crippen LogP contribution in [0.5, 0.6) is 0 Å². The van der Waals surface area contributed by atoms with Gasteiger partial charge in [-0.3, -0.25) is 0 Å². The van der Waals surface area contributed by atoms with Crippen LogP contribution in [0.1, 0.15) is 39.5 Å². The number of aliphatic hydroxyl groups is 1. The molecule has 0 saturated heterocycles. The molecule has 2 rings (SSSR count). The molecule has 76 valence electrons. The summed E-state index contributed by atoms with van der Waals surface area (Å²) in [6.45, 7) is 5.32. The van der Waals surface area contributed by atoms with Crippen molar-refractivity contribution in [1.82, 2.24) is 5.32 Å². The van der Waals surface area contributed by atoms with Crippen LogP contribution in [-0.2, 0) is 0 Å². The Kier molecular flexibility index (Phi) is 2.37. The fourth-order valence-corrected chi connectivity index (χ4v) is 2.15. The van der Waals surface area contributed by atoms with E-state index in [0.717, 1.165) is 37.3 Å². The van der Waals surface area contributed by atoms with Gasteiger partial charge < -0.3 is 10.4 Å². The molecule has 0 atom stereocenters. The smallest absolute Gasteiger partial charge is 0.0777 e. The van der Waals surface area contributed by atoms with E-state index in [2.05, 4.69) is 19.2 Å². The van der Waals surface area contributed by atoms with Gasteiger partial charge in [-0.1, -0.05) is 13.8 Å². The standard InChI is InChI=1S/C11H21NO/c1-8(2)9-5-11(13,6-9)7-12-10-3-4-10/h8-10,12-13H,3-7H2,1-2H3. The van der Waals surface area contributed by atoms with Crippen molar-refractivity contribution in [3.05, 3.63) is 0 Å². The summed E-state index contributed by atoms with van der Waals surface area (Å²) in [5.41, 5.74) is -0.364. The number of nitrogens with one attached hydrogen (secondary N) is 1. The molecule has 0 spiro atoms. The van der Waals surface area contributed by atoms with Gasteiger partial charge in [-0.25, -0.2) is 0 Å². The lowest BCUT2D eigenvalue weighted by atomic mass is 9.66. The maximum atomic E-state index is 10.0. The normalized spacial score (nSPS) is 39.2. The van der Waals surface area contributed by atoms with Gasteiger partial charge in [-0.05, 0) is 37.5 Å². The predicted molar refractivity (Wildman–Crippen MR) is 53.5 cm³/mol. The molecule has 2 nitrogen and oxygen atoms in total. The molecule has 0 aliphatic heterocycles. The second kappa shape index (κ2) is 3.25. The van der Waals surface area contributed by atoms with Gasteiger partial charge in [0.2, 0.25) is 0 Å². The predicted octanol–water partition coefficient (Wildman–Crippen LogP) is 1.54. The first-order valence-electron chi connectivity index (χ1n) is 5.55. The summed E-state index contributed by atoms with van der Waals surface area (Å²) in [6, 6.07) is 0.724. The minimum Gasteiger partial charge on any atom is -0.389 e. The number of rotatable bonds is 4. The molecule has 0 radical (unpaired) electrons. The van der Waals surface area contributed by atoms with Crippen molar-refractivity contribution in [2.45, 2.75) is 51.2 Å². The van der Waals surface area contributed by atoms with Crippen molar-refractivity contribution in [2.24, 2.45) is 11.8 Å². The van der Waals surface area contributed by atoms with Crippen molar-refractivity contribution in [3.63, 3.8) is 0 Å². The van der Waals surface area contributed by atoms with Crippen molar-refractivity contribution in [1.29, 1.82) is 0 Å². The first-order chi connectivity index (χ1) is 6.09. The molecule has 2 heteroatoms. The molecule has 13 heavy (non-hydrogen) atoms. The van der Waals surface area contributed by atoms with Gasteiger partial charge >= 0.3 is 0 Å². The van der Waals surface area contributed by atoms with Crippen LogP contribution in [0.2, 0.25) is 0 Å². The summed E-state index contributed by atoms with van der Waals surface area (Å²) in [6.07, 6.45) is 4.63. The van der Waals surface area contributed by atoms with Crippen LogP contribution in [0.25, 0.3) is 0 Å². The zero-order valence-corrected chi connectivity index (χ0v) is 8.71. The quantitative estimate of drug-likeness (QED) is 0.693. The topological polar surface area (TPSA) is 32.3 Å². The van der Waals surface area contributed by atoms with Gasteiger partial charge in [0.15, 0.2) is 0 Å². The number of hydrogen-bond donors (Lipinski definition) is 2. The Morgan fingerprint density at radius 3 is 2.46 bits per heavy atom. The van der Waals surface area contributed by atoms with Gasteiger partial charge in [0, 0.05) is 12.6 Å². The van der Waals surface area contributed by atoms with E-state index in [9.17, 15) is 5.11 Å². The van der Waals surface area contributed by atoms with Crippen molar-refractivity contribution in [3.8, 4) is 0 Å². The fraction of sp³-hybridized carbons (Fsp3) is 1.00. The zero-order chi connectivity index (χ0) is 9.47. The van der Waals surface area contributed by atoms with Crippen molar-refractivity contribution < 1.29 is 5.11 Å². The summed E-state index contributed by atoms with van der Waals surface area (Å²) in [5, 5.41) is 13.5. The van der Waals surface area contributed by atoms with E-state index in [4.69, 9.17) is 0 Å². The molecule has 0 heterocycles. The van der Waals surface area contributed by atoms with Crippen LogP contribution >= 0.6 is 0 Å². The number of hydrogen-bond acceptors (Lipinski definition) is 2. The van der Waals surface area contributed by atoms with E-state index in [1.165, 1.54) is 12.8 Å². The highest BCUT2D eigenvalue weighted by molar-refractivity contribution is 4.98. The van der Waals surface area contributed by atoms with Crippen LogP contribution < -0.4 is 5.32 Å². The SMILES string of the molecule is CC(C)C1CC(O)(CNC2CC2)C1. The van der Waals surface area contributed by atoms with Crippen LogP contribution in [-0.4, -0.2) is 23.3 Å². The lowest BCUT2D eigenvalue weighted by Gasteiger charge is -2.46. The minimum atomic E-state index is -0.364.